The summed E-state index contributed by atoms with van der Waals surface area (Å²) in [5, 5.41) is 4.75. The van der Waals surface area contributed by atoms with Crippen LogP contribution in [0.15, 0.2) is 59.9 Å². The number of nitrogens with zero attached hydrogens (tertiary/aromatic N) is 2. The van der Waals surface area contributed by atoms with Crippen LogP contribution >= 0.6 is 11.8 Å². The van der Waals surface area contributed by atoms with Crippen LogP contribution < -0.4 is 5.32 Å². The molecule has 0 saturated carbocycles. The Labute approximate surface area is 148 Å². The average molecular weight is 348 g/mol. The number of hydrogen-bond donors (Lipinski definition) is 2. The minimum absolute atomic E-state index is 0.0570. The van der Waals surface area contributed by atoms with Crippen molar-refractivity contribution in [1.82, 2.24) is 15.0 Å². The second-order valence-corrected chi connectivity index (χ2v) is 6.74. The molecular formula is C19H16N4OS. The van der Waals surface area contributed by atoms with E-state index in [0.717, 1.165) is 38.2 Å². The Hall–Kier alpha value is -2.86. The fraction of sp³-hybridized carbons (Fsp3) is 0.105. The van der Waals surface area contributed by atoms with Crippen molar-refractivity contribution < 1.29 is 4.79 Å². The molecule has 6 heteroatoms. The number of carbonyl (C=O) groups is 1. The molecule has 5 nitrogen and oxygen atoms in total. The molecular weight excluding hydrogens is 332 g/mol. The van der Waals surface area contributed by atoms with Gasteiger partial charge in [0.05, 0.1) is 11.3 Å². The highest BCUT2D eigenvalue weighted by Gasteiger charge is 2.12. The molecule has 124 valence electrons. The highest BCUT2D eigenvalue weighted by Crippen LogP contribution is 2.29. The van der Waals surface area contributed by atoms with E-state index in [1.807, 2.05) is 55.5 Å². The maximum Gasteiger partial charge on any atom is 0.234 e. The number of aromatic amines is 1. The van der Waals surface area contributed by atoms with E-state index in [9.17, 15) is 4.79 Å². The summed E-state index contributed by atoms with van der Waals surface area (Å²) in [4.78, 5) is 24.3. The topological polar surface area (TPSA) is 70.7 Å². The molecule has 0 spiro atoms. The van der Waals surface area contributed by atoms with Crippen LogP contribution in [0, 0.1) is 6.92 Å². The van der Waals surface area contributed by atoms with Crippen LogP contribution in [-0.2, 0) is 4.79 Å². The monoisotopic (exact) mass is 348 g/mol. The lowest BCUT2D eigenvalue weighted by Gasteiger charge is -2.06. The first kappa shape index (κ1) is 15.7. The SMILES string of the molecule is Cc1cccc(NC(=O)CSc2ncnc3c2[nH]c2ccccc23)c1. The Kier molecular flexibility index (Phi) is 4.11. The van der Waals surface area contributed by atoms with Crippen LogP contribution in [0.3, 0.4) is 0 Å². The molecule has 25 heavy (non-hydrogen) atoms. The zero-order chi connectivity index (χ0) is 17.2. The van der Waals surface area contributed by atoms with Gasteiger partial charge in [-0.15, -0.1) is 0 Å². The van der Waals surface area contributed by atoms with Crippen molar-refractivity contribution in [2.45, 2.75) is 11.9 Å². The molecule has 2 heterocycles. The van der Waals surface area contributed by atoms with E-state index in [2.05, 4.69) is 20.3 Å². The van der Waals surface area contributed by atoms with Crippen LogP contribution in [0.25, 0.3) is 21.9 Å². The molecule has 0 aliphatic rings. The van der Waals surface area contributed by atoms with Crippen LogP contribution in [0.4, 0.5) is 5.69 Å². The predicted octanol–water partition coefficient (Wildman–Crippen LogP) is 4.15. The number of para-hydroxylation sites is 1. The number of anilines is 1. The maximum absolute atomic E-state index is 12.2. The van der Waals surface area contributed by atoms with Crippen molar-refractivity contribution in [2.24, 2.45) is 0 Å². The Morgan fingerprint density at radius 2 is 2.04 bits per heavy atom. The van der Waals surface area contributed by atoms with Gasteiger partial charge in [0.25, 0.3) is 0 Å². The van der Waals surface area contributed by atoms with Gasteiger partial charge in [-0.3, -0.25) is 4.79 Å². The number of thioether (sulfide) groups is 1. The van der Waals surface area contributed by atoms with Gasteiger partial charge in [-0.25, -0.2) is 9.97 Å². The fourth-order valence-electron chi connectivity index (χ4n) is 2.78. The highest BCUT2D eigenvalue weighted by molar-refractivity contribution is 8.00. The zero-order valence-corrected chi connectivity index (χ0v) is 14.4. The van der Waals surface area contributed by atoms with Gasteiger partial charge >= 0.3 is 0 Å². The molecule has 4 rings (SSSR count). The molecule has 0 saturated heterocycles. The van der Waals surface area contributed by atoms with E-state index in [4.69, 9.17) is 0 Å². The third-order valence-corrected chi connectivity index (χ3v) is 4.89. The van der Waals surface area contributed by atoms with Gasteiger partial charge in [0.2, 0.25) is 5.91 Å². The van der Waals surface area contributed by atoms with Crippen molar-refractivity contribution in [3.8, 4) is 0 Å². The molecule has 2 N–H and O–H groups in total. The van der Waals surface area contributed by atoms with E-state index >= 15 is 0 Å². The summed E-state index contributed by atoms with van der Waals surface area (Å²) < 4.78 is 0. The third kappa shape index (κ3) is 3.21. The molecule has 0 atom stereocenters. The van der Waals surface area contributed by atoms with Crippen LogP contribution in [-0.4, -0.2) is 26.6 Å². The van der Waals surface area contributed by atoms with Gasteiger partial charge in [0, 0.05) is 16.6 Å². The number of benzene rings is 2. The standard InChI is InChI=1S/C19H16N4OS/c1-12-5-4-6-13(9-12)22-16(24)10-25-19-18-17(20-11-21-19)14-7-2-3-8-15(14)23-18/h2-9,11,23H,10H2,1H3,(H,22,24). The second kappa shape index (κ2) is 6.57. The average Bonchev–Trinajstić information content (AvgIpc) is 2.99. The molecule has 0 aliphatic carbocycles. The number of hydrogen-bond acceptors (Lipinski definition) is 4. The molecule has 0 radical (unpaired) electrons. The summed E-state index contributed by atoms with van der Waals surface area (Å²) in [7, 11) is 0. The number of rotatable bonds is 4. The Bertz CT molecular complexity index is 1070. The number of aromatic nitrogens is 3. The zero-order valence-electron chi connectivity index (χ0n) is 13.6. The van der Waals surface area contributed by atoms with Gasteiger partial charge in [-0.2, -0.15) is 0 Å². The van der Waals surface area contributed by atoms with Gasteiger partial charge in [-0.1, -0.05) is 42.1 Å². The number of amides is 1. The summed E-state index contributed by atoms with van der Waals surface area (Å²) in [5.41, 5.74) is 4.69. The lowest BCUT2D eigenvalue weighted by molar-refractivity contribution is -0.113. The molecule has 0 bridgehead atoms. The second-order valence-electron chi connectivity index (χ2n) is 5.78. The number of aryl methyl sites for hydroxylation is 1. The molecule has 4 aromatic rings. The largest absolute Gasteiger partial charge is 0.351 e. The lowest BCUT2D eigenvalue weighted by Crippen LogP contribution is -2.14. The van der Waals surface area contributed by atoms with Gasteiger partial charge in [0.15, 0.2) is 0 Å². The molecule has 1 amide bonds. The molecule has 2 aromatic carbocycles. The van der Waals surface area contributed by atoms with Crippen molar-refractivity contribution >= 4 is 45.3 Å². The normalized spacial score (nSPS) is 11.1. The van der Waals surface area contributed by atoms with Crippen molar-refractivity contribution in [2.75, 3.05) is 11.1 Å². The Morgan fingerprint density at radius 1 is 1.16 bits per heavy atom. The van der Waals surface area contributed by atoms with E-state index in [0.29, 0.717) is 0 Å². The summed E-state index contributed by atoms with van der Waals surface area (Å²) in [6.45, 7) is 2.00. The third-order valence-electron chi connectivity index (χ3n) is 3.90. The predicted molar refractivity (Wildman–Crippen MR) is 102 cm³/mol. The summed E-state index contributed by atoms with van der Waals surface area (Å²) >= 11 is 1.40. The molecule has 0 aliphatic heterocycles. The minimum Gasteiger partial charge on any atom is -0.351 e. The smallest absolute Gasteiger partial charge is 0.234 e. The van der Waals surface area contributed by atoms with Crippen LogP contribution in [0.1, 0.15) is 5.56 Å². The summed E-state index contributed by atoms with van der Waals surface area (Å²) in [5.74, 6) is 0.230. The summed E-state index contributed by atoms with van der Waals surface area (Å²) in [6, 6.07) is 15.8. The summed E-state index contributed by atoms with van der Waals surface area (Å²) in [6.07, 6.45) is 1.55. The molecule has 0 unspecified atom stereocenters. The number of H-pyrrole nitrogens is 1. The first-order chi connectivity index (χ1) is 12.2. The lowest BCUT2D eigenvalue weighted by atomic mass is 10.2. The van der Waals surface area contributed by atoms with E-state index in [1.165, 1.54) is 11.8 Å². The first-order valence-electron chi connectivity index (χ1n) is 7.91. The van der Waals surface area contributed by atoms with Crippen LogP contribution in [0.5, 0.6) is 0 Å². The van der Waals surface area contributed by atoms with Gasteiger partial charge in [-0.05, 0) is 30.7 Å². The Balaban J connectivity index is 1.54. The number of fused-ring (bicyclic) bond motifs is 3. The molecule has 0 fully saturated rings. The van der Waals surface area contributed by atoms with E-state index in [1.54, 1.807) is 6.33 Å². The van der Waals surface area contributed by atoms with Gasteiger partial charge < -0.3 is 10.3 Å². The molecule has 2 aromatic heterocycles. The van der Waals surface area contributed by atoms with Crippen molar-refractivity contribution in [3.05, 3.63) is 60.4 Å². The van der Waals surface area contributed by atoms with Crippen molar-refractivity contribution in [1.29, 1.82) is 0 Å². The Morgan fingerprint density at radius 3 is 2.92 bits per heavy atom. The van der Waals surface area contributed by atoms with Gasteiger partial charge in [0.1, 0.15) is 16.9 Å². The fourth-order valence-corrected chi connectivity index (χ4v) is 3.54. The van der Waals surface area contributed by atoms with E-state index < -0.39 is 0 Å². The number of nitrogens with one attached hydrogen (secondary N) is 2. The number of carbonyl (C=O) groups excluding carboxylic acids is 1. The minimum atomic E-state index is -0.0570. The highest BCUT2D eigenvalue weighted by atomic mass is 32.2. The maximum atomic E-state index is 12.2. The first-order valence-corrected chi connectivity index (χ1v) is 8.90. The van der Waals surface area contributed by atoms with E-state index in [-0.39, 0.29) is 11.7 Å². The quantitative estimate of drug-likeness (QED) is 0.429. The van der Waals surface area contributed by atoms with Crippen molar-refractivity contribution in [3.63, 3.8) is 0 Å². The van der Waals surface area contributed by atoms with Crippen LogP contribution in [0.2, 0.25) is 0 Å².